The van der Waals surface area contributed by atoms with Crippen LogP contribution in [0.3, 0.4) is 0 Å². The predicted molar refractivity (Wildman–Crippen MR) is 83.8 cm³/mol. The van der Waals surface area contributed by atoms with Gasteiger partial charge in [0.25, 0.3) is 5.91 Å². The quantitative estimate of drug-likeness (QED) is 0.849. The Morgan fingerprint density at radius 3 is 2.73 bits per heavy atom. The number of nitrogens with zero attached hydrogens (tertiary/aromatic N) is 5. The lowest BCUT2D eigenvalue weighted by atomic mass is 9.98. The van der Waals surface area contributed by atoms with Gasteiger partial charge < -0.3 is 9.47 Å². The third-order valence-electron chi connectivity index (χ3n) is 4.27. The highest BCUT2D eigenvalue weighted by Gasteiger charge is 2.35. The van der Waals surface area contributed by atoms with Crippen molar-refractivity contribution in [1.29, 1.82) is 0 Å². The highest BCUT2D eigenvalue weighted by Crippen LogP contribution is 2.28. The monoisotopic (exact) mass is 301 g/mol. The third-order valence-corrected chi connectivity index (χ3v) is 4.27. The zero-order valence-electron chi connectivity index (χ0n) is 13.5. The third kappa shape index (κ3) is 2.53. The van der Waals surface area contributed by atoms with Crippen LogP contribution in [-0.2, 0) is 13.1 Å². The van der Waals surface area contributed by atoms with Crippen LogP contribution in [0.25, 0.3) is 0 Å². The maximum atomic E-state index is 12.4. The van der Waals surface area contributed by atoms with Crippen LogP contribution < -0.4 is 0 Å². The van der Waals surface area contributed by atoms with E-state index in [9.17, 15) is 4.79 Å². The maximum Gasteiger partial charge on any atom is 0.257 e. The van der Waals surface area contributed by atoms with Gasteiger partial charge in [-0.1, -0.05) is 6.92 Å². The van der Waals surface area contributed by atoms with Crippen LogP contribution in [0.15, 0.2) is 18.6 Å². The SMILES string of the molecule is CCCn1c(C)cnc1C1CN(C(=O)c2cnn(CC)c2)C1. The van der Waals surface area contributed by atoms with Crippen LogP contribution >= 0.6 is 0 Å². The number of hydrogen-bond donors (Lipinski definition) is 0. The number of aryl methyl sites for hydroxylation is 2. The summed E-state index contributed by atoms with van der Waals surface area (Å²) in [5.41, 5.74) is 1.87. The number of imidazole rings is 1. The molecule has 0 unspecified atom stereocenters. The van der Waals surface area contributed by atoms with E-state index in [1.54, 1.807) is 10.9 Å². The van der Waals surface area contributed by atoms with Gasteiger partial charge in [-0.25, -0.2) is 4.98 Å². The lowest BCUT2D eigenvalue weighted by Gasteiger charge is -2.38. The Bertz CT molecular complexity index is 666. The van der Waals surface area contributed by atoms with Crippen LogP contribution in [0.1, 0.15) is 48.1 Å². The van der Waals surface area contributed by atoms with E-state index in [0.29, 0.717) is 11.5 Å². The van der Waals surface area contributed by atoms with E-state index in [1.807, 2.05) is 24.2 Å². The van der Waals surface area contributed by atoms with Gasteiger partial charge in [0.2, 0.25) is 0 Å². The molecule has 0 radical (unpaired) electrons. The average Bonchev–Trinajstić information content (AvgIpc) is 3.07. The molecule has 0 aromatic carbocycles. The molecule has 1 aliphatic heterocycles. The fourth-order valence-electron chi connectivity index (χ4n) is 2.96. The van der Waals surface area contributed by atoms with E-state index in [2.05, 4.69) is 28.5 Å². The molecule has 6 nitrogen and oxygen atoms in total. The minimum atomic E-state index is 0.0706. The van der Waals surface area contributed by atoms with Gasteiger partial charge in [0.1, 0.15) is 5.82 Å². The summed E-state index contributed by atoms with van der Waals surface area (Å²) in [4.78, 5) is 18.8. The Labute approximate surface area is 130 Å². The van der Waals surface area contributed by atoms with Gasteiger partial charge in [-0.2, -0.15) is 5.10 Å². The molecular formula is C16H23N5O. The van der Waals surface area contributed by atoms with Gasteiger partial charge in [0, 0.05) is 44.3 Å². The number of likely N-dealkylation sites (tertiary alicyclic amines) is 1. The predicted octanol–water partition coefficient (Wildman–Crippen LogP) is 2.06. The molecule has 0 aliphatic carbocycles. The molecule has 22 heavy (non-hydrogen) atoms. The molecule has 2 aromatic heterocycles. The van der Waals surface area contributed by atoms with Crippen LogP contribution in [0.2, 0.25) is 0 Å². The van der Waals surface area contributed by atoms with Crippen molar-refractivity contribution in [3.8, 4) is 0 Å². The van der Waals surface area contributed by atoms with Crippen molar-refractivity contribution in [2.75, 3.05) is 13.1 Å². The standard InChI is InChI=1S/C16H23N5O/c1-4-6-21-12(3)7-17-15(21)14-9-19(10-14)16(22)13-8-18-20(5-2)11-13/h7-8,11,14H,4-6,9-10H2,1-3H3. The highest BCUT2D eigenvalue weighted by molar-refractivity contribution is 5.94. The summed E-state index contributed by atoms with van der Waals surface area (Å²) in [5.74, 6) is 1.54. The molecule has 0 atom stereocenters. The summed E-state index contributed by atoms with van der Waals surface area (Å²) in [5, 5.41) is 4.17. The molecule has 3 heterocycles. The van der Waals surface area contributed by atoms with Crippen LogP contribution in [0, 0.1) is 6.92 Å². The lowest BCUT2D eigenvalue weighted by molar-refractivity contribution is 0.0591. The normalized spacial score (nSPS) is 15.1. The molecule has 0 bridgehead atoms. The Kier molecular flexibility index (Phi) is 4.00. The molecule has 1 fully saturated rings. The van der Waals surface area contributed by atoms with Crippen molar-refractivity contribution in [2.24, 2.45) is 0 Å². The van der Waals surface area contributed by atoms with Crippen molar-refractivity contribution in [1.82, 2.24) is 24.2 Å². The summed E-state index contributed by atoms with van der Waals surface area (Å²) >= 11 is 0. The fourth-order valence-corrected chi connectivity index (χ4v) is 2.96. The molecule has 118 valence electrons. The Morgan fingerprint density at radius 1 is 1.32 bits per heavy atom. The molecule has 0 saturated carbocycles. The Balaban J connectivity index is 1.65. The van der Waals surface area contributed by atoms with E-state index in [4.69, 9.17) is 0 Å². The van der Waals surface area contributed by atoms with Gasteiger partial charge in [-0.15, -0.1) is 0 Å². The van der Waals surface area contributed by atoms with E-state index < -0.39 is 0 Å². The molecule has 1 amide bonds. The van der Waals surface area contributed by atoms with Crippen LogP contribution in [-0.4, -0.2) is 43.2 Å². The Morgan fingerprint density at radius 2 is 2.09 bits per heavy atom. The number of carbonyl (C=O) groups is 1. The first-order valence-corrected chi connectivity index (χ1v) is 7.97. The van der Waals surface area contributed by atoms with Gasteiger partial charge in [-0.3, -0.25) is 9.48 Å². The Hall–Kier alpha value is -2.11. The van der Waals surface area contributed by atoms with E-state index in [-0.39, 0.29) is 5.91 Å². The zero-order chi connectivity index (χ0) is 15.7. The van der Waals surface area contributed by atoms with Crippen LogP contribution in [0.5, 0.6) is 0 Å². The summed E-state index contributed by atoms with van der Waals surface area (Å²) < 4.78 is 4.06. The number of aromatic nitrogens is 4. The summed E-state index contributed by atoms with van der Waals surface area (Å²) in [7, 11) is 0. The average molecular weight is 301 g/mol. The number of hydrogen-bond acceptors (Lipinski definition) is 3. The smallest absolute Gasteiger partial charge is 0.257 e. The van der Waals surface area contributed by atoms with Gasteiger partial charge in [0.05, 0.1) is 17.7 Å². The second-order valence-corrected chi connectivity index (χ2v) is 5.90. The number of carbonyl (C=O) groups excluding carboxylic acids is 1. The molecule has 0 spiro atoms. The fraction of sp³-hybridized carbons (Fsp3) is 0.562. The van der Waals surface area contributed by atoms with Gasteiger partial charge in [-0.05, 0) is 20.3 Å². The first-order chi connectivity index (χ1) is 10.6. The van der Waals surface area contributed by atoms with Crippen molar-refractivity contribution < 1.29 is 4.79 Å². The highest BCUT2D eigenvalue weighted by atomic mass is 16.2. The van der Waals surface area contributed by atoms with Crippen molar-refractivity contribution in [2.45, 2.75) is 46.2 Å². The minimum absolute atomic E-state index is 0.0706. The topological polar surface area (TPSA) is 56.0 Å². The summed E-state index contributed by atoms with van der Waals surface area (Å²) in [6.45, 7) is 9.54. The van der Waals surface area contributed by atoms with Gasteiger partial charge in [0.15, 0.2) is 0 Å². The second kappa shape index (κ2) is 5.94. The summed E-state index contributed by atoms with van der Waals surface area (Å²) in [6, 6.07) is 0. The minimum Gasteiger partial charge on any atom is -0.337 e. The summed E-state index contributed by atoms with van der Waals surface area (Å²) in [6.07, 6.45) is 6.50. The lowest BCUT2D eigenvalue weighted by Crippen LogP contribution is -2.49. The largest absolute Gasteiger partial charge is 0.337 e. The molecular weight excluding hydrogens is 278 g/mol. The van der Waals surface area contributed by atoms with E-state index in [0.717, 1.165) is 38.4 Å². The first-order valence-electron chi connectivity index (χ1n) is 7.97. The van der Waals surface area contributed by atoms with Gasteiger partial charge >= 0.3 is 0 Å². The number of amides is 1. The second-order valence-electron chi connectivity index (χ2n) is 5.90. The van der Waals surface area contributed by atoms with Crippen LogP contribution in [0.4, 0.5) is 0 Å². The maximum absolute atomic E-state index is 12.4. The molecule has 6 heteroatoms. The van der Waals surface area contributed by atoms with Crippen molar-refractivity contribution in [3.05, 3.63) is 35.7 Å². The molecule has 3 rings (SSSR count). The van der Waals surface area contributed by atoms with E-state index >= 15 is 0 Å². The van der Waals surface area contributed by atoms with E-state index in [1.165, 1.54) is 5.69 Å². The molecule has 2 aromatic rings. The zero-order valence-corrected chi connectivity index (χ0v) is 13.5. The van der Waals surface area contributed by atoms with Crippen molar-refractivity contribution in [3.63, 3.8) is 0 Å². The molecule has 1 aliphatic rings. The molecule has 0 N–H and O–H groups in total. The molecule has 1 saturated heterocycles. The first kappa shape index (κ1) is 14.8. The number of rotatable bonds is 5. The van der Waals surface area contributed by atoms with Crippen molar-refractivity contribution >= 4 is 5.91 Å².